The van der Waals surface area contributed by atoms with Crippen LogP contribution in [0.4, 0.5) is 5.69 Å². The number of carbonyl (C=O) groups excluding carboxylic acids is 1. The van der Waals surface area contributed by atoms with E-state index in [0.29, 0.717) is 12.2 Å². The van der Waals surface area contributed by atoms with Crippen LogP contribution in [-0.4, -0.2) is 23.8 Å². The van der Waals surface area contributed by atoms with Crippen LogP contribution in [0, 0.1) is 0 Å². The molecule has 0 unspecified atom stereocenters. The summed E-state index contributed by atoms with van der Waals surface area (Å²) in [6, 6.07) is 14.1. The molecule has 0 aliphatic heterocycles. The van der Waals surface area contributed by atoms with Gasteiger partial charge in [-0.25, -0.2) is 4.98 Å². The Labute approximate surface area is 174 Å². The fraction of sp³-hybridized carbons (Fsp3) is 0.364. The van der Waals surface area contributed by atoms with Crippen molar-refractivity contribution in [2.75, 3.05) is 18.2 Å². The summed E-state index contributed by atoms with van der Waals surface area (Å²) < 4.78 is 7.66. The van der Waals surface area contributed by atoms with Gasteiger partial charge in [-0.05, 0) is 41.7 Å². The maximum absolute atomic E-state index is 12.4. The van der Waals surface area contributed by atoms with Crippen LogP contribution in [0.15, 0.2) is 46.8 Å². The Hall–Kier alpha value is -2.05. The van der Waals surface area contributed by atoms with Crippen LogP contribution in [0.2, 0.25) is 0 Å². The third-order valence-electron chi connectivity index (χ3n) is 4.39. The molecule has 0 spiro atoms. The summed E-state index contributed by atoms with van der Waals surface area (Å²) in [6.45, 7) is 6.46. The molecule has 1 heterocycles. The van der Waals surface area contributed by atoms with Crippen LogP contribution in [0.5, 0.6) is 5.75 Å². The van der Waals surface area contributed by atoms with Gasteiger partial charge in [-0.2, -0.15) is 0 Å². The molecule has 1 N–H and O–H groups in total. The van der Waals surface area contributed by atoms with E-state index in [2.05, 4.69) is 37.1 Å². The van der Waals surface area contributed by atoms with E-state index in [9.17, 15) is 4.79 Å². The number of aromatic nitrogens is 1. The smallest absolute Gasteiger partial charge is 0.224 e. The molecule has 0 aliphatic carbocycles. The molecule has 3 aromatic rings. The third kappa shape index (κ3) is 5.26. The number of fused-ring (bicyclic) bond motifs is 1. The number of thioether (sulfide) groups is 1. The minimum absolute atomic E-state index is 0.00857. The van der Waals surface area contributed by atoms with Crippen molar-refractivity contribution in [2.45, 2.75) is 43.4 Å². The lowest BCUT2D eigenvalue weighted by Gasteiger charge is -2.21. The van der Waals surface area contributed by atoms with E-state index in [4.69, 9.17) is 4.74 Å². The molecule has 0 fully saturated rings. The Kier molecular flexibility index (Phi) is 6.62. The summed E-state index contributed by atoms with van der Waals surface area (Å²) in [7, 11) is 1.62. The number of ether oxygens (including phenoxy) is 1. The number of rotatable bonds is 7. The number of carbonyl (C=O) groups is 1. The number of hydrogen-bond donors (Lipinski definition) is 1. The second kappa shape index (κ2) is 8.97. The van der Waals surface area contributed by atoms with Crippen LogP contribution < -0.4 is 10.1 Å². The number of amides is 1. The van der Waals surface area contributed by atoms with Gasteiger partial charge in [0.1, 0.15) is 5.75 Å². The van der Waals surface area contributed by atoms with Gasteiger partial charge in [0.25, 0.3) is 0 Å². The lowest BCUT2D eigenvalue weighted by atomic mass is 9.87. The van der Waals surface area contributed by atoms with Crippen LogP contribution in [0.25, 0.3) is 10.2 Å². The maximum Gasteiger partial charge on any atom is 0.224 e. The molecule has 0 aliphatic rings. The zero-order valence-corrected chi connectivity index (χ0v) is 18.4. The topological polar surface area (TPSA) is 51.2 Å². The Morgan fingerprint density at radius 1 is 1.21 bits per heavy atom. The van der Waals surface area contributed by atoms with Gasteiger partial charge in [0.2, 0.25) is 5.91 Å². The average Bonchev–Trinajstić information content (AvgIpc) is 3.07. The molecule has 0 bridgehead atoms. The van der Waals surface area contributed by atoms with Gasteiger partial charge in [0.15, 0.2) is 4.34 Å². The highest BCUT2D eigenvalue weighted by molar-refractivity contribution is 8.01. The van der Waals surface area contributed by atoms with Gasteiger partial charge in [0.05, 0.1) is 23.0 Å². The second-order valence-corrected chi connectivity index (χ2v) is 9.99. The van der Waals surface area contributed by atoms with Gasteiger partial charge in [-0.3, -0.25) is 4.79 Å². The Bertz CT molecular complexity index is 928. The minimum Gasteiger partial charge on any atom is -0.495 e. The summed E-state index contributed by atoms with van der Waals surface area (Å²) in [5.74, 6) is 1.56. The molecule has 1 amide bonds. The fourth-order valence-electron chi connectivity index (χ4n) is 2.79. The molecule has 0 saturated heterocycles. The third-order valence-corrected chi connectivity index (χ3v) is 6.65. The van der Waals surface area contributed by atoms with E-state index in [1.165, 1.54) is 4.70 Å². The van der Waals surface area contributed by atoms with Crippen LogP contribution in [0.3, 0.4) is 0 Å². The molecule has 3 rings (SSSR count). The first kappa shape index (κ1) is 20.7. The first-order chi connectivity index (χ1) is 13.4. The van der Waals surface area contributed by atoms with E-state index in [1.807, 2.05) is 36.4 Å². The summed E-state index contributed by atoms with van der Waals surface area (Å²) in [6.07, 6.45) is 1.27. The van der Waals surface area contributed by atoms with E-state index in [0.717, 1.165) is 33.3 Å². The number of para-hydroxylation sites is 1. The van der Waals surface area contributed by atoms with Crippen molar-refractivity contribution < 1.29 is 9.53 Å². The number of hydrogen-bond acceptors (Lipinski definition) is 5. The van der Waals surface area contributed by atoms with E-state index in [1.54, 1.807) is 30.2 Å². The van der Waals surface area contributed by atoms with Gasteiger partial charge in [-0.15, -0.1) is 11.3 Å². The molecular formula is C22H26N2O2S2. The quantitative estimate of drug-likeness (QED) is 0.374. The van der Waals surface area contributed by atoms with Crippen LogP contribution in [0.1, 0.15) is 39.2 Å². The number of nitrogens with zero attached hydrogens (tertiary/aromatic N) is 1. The SMILES string of the molecule is COc1ccc(C(C)(C)C)cc1NC(=O)CCCSc1nc2ccccc2s1. The molecule has 148 valence electrons. The normalized spacial score (nSPS) is 11.6. The highest BCUT2D eigenvalue weighted by atomic mass is 32.2. The number of methoxy groups -OCH3 is 1. The van der Waals surface area contributed by atoms with Gasteiger partial charge < -0.3 is 10.1 Å². The molecule has 0 saturated carbocycles. The lowest BCUT2D eigenvalue weighted by Crippen LogP contribution is -2.15. The molecule has 4 nitrogen and oxygen atoms in total. The first-order valence-electron chi connectivity index (χ1n) is 9.33. The Morgan fingerprint density at radius 2 is 2.00 bits per heavy atom. The number of thiazole rings is 1. The summed E-state index contributed by atoms with van der Waals surface area (Å²) >= 11 is 3.41. The first-order valence-corrected chi connectivity index (χ1v) is 11.1. The fourth-order valence-corrected chi connectivity index (χ4v) is 4.87. The number of anilines is 1. The molecule has 0 atom stereocenters. The van der Waals surface area contributed by atoms with Crippen molar-refractivity contribution in [3.63, 3.8) is 0 Å². The minimum atomic E-state index is 0.00857. The van der Waals surface area contributed by atoms with Crippen molar-refractivity contribution in [1.29, 1.82) is 0 Å². The Balaban J connectivity index is 1.52. The highest BCUT2D eigenvalue weighted by Gasteiger charge is 2.17. The van der Waals surface area contributed by atoms with E-state index >= 15 is 0 Å². The summed E-state index contributed by atoms with van der Waals surface area (Å²) in [4.78, 5) is 17.0. The van der Waals surface area contributed by atoms with Crippen molar-refractivity contribution in [1.82, 2.24) is 4.98 Å². The van der Waals surface area contributed by atoms with Crippen molar-refractivity contribution >= 4 is 44.9 Å². The summed E-state index contributed by atoms with van der Waals surface area (Å²) in [5.41, 5.74) is 2.95. The standard InChI is InChI=1S/C22H26N2O2S2/c1-22(2,3)15-11-12-18(26-4)17(14-15)23-20(25)10-7-13-27-21-24-16-8-5-6-9-19(16)28-21/h5-6,8-9,11-12,14H,7,10,13H2,1-4H3,(H,23,25). The average molecular weight is 415 g/mol. The molecule has 2 aromatic carbocycles. The lowest BCUT2D eigenvalue weighted by molar-refractivity contribution is -0.116. The number of benzene rings is 2. The molecule has 1 aromatic heterocycles. The van der Waals surface area contributed by atoms with Gasteiger partial charge in [-0.1, -0.05) is 50.7 Å². The molecular weight excluding hydrogens is 388 g/mol. The predicted molar refractivity (Wildman–Crippen MR) is 120 cm³/mol. The van der Waals surface area contributed by atoms with Crippen LogP contribution >= 0.6 is 23.1 Å². The van der Waals surface area contributed by atoms with Gasteiger partial charge in [0, 0.05) is 12.2 Å². The van der Waals surface area contributed by atoms with E-state index in [-0.39, 0.29) is 11.3 Å². The summed E-state index contributed by atoms with van der Waals surface area (Å²) in [5, 5.41) is 3.01. The van der Waals surface area contributed by atoms with Crippen LogP contribution in [-0.2, 0) is 10.2 Å². The Morgan fingerprint density at radius 3 is 2.71 bits per heavy atom. The zero-order chi connectivity index (χ0) is 20.1. The number of nitrogens with one attached hydrogen (secondary N) is 1. The second-order valence-electron chi connectivity index (χ2n) is 7.61. The van der Waals surface area contributed by atoms with Crippen molar-refractivity contribution in [3.8, 4) is 5.75 Å². The zero-order valence-electron chi connectivity index (χ0n) is 16.7. The molecule has 28 heavy (non-hydrogen) atoms. The van der Waals surface area contributed by atoms with E-state index < -0.39 is 0 Å². The molecule has 6 heteroatoms. The van der Waals surface area contributed by atoms with Gasteiger partial charge >= 0.3 is 0 Å². The maximum atomic E-state index is 12.4. The van der Waals surface area contributed by atoms with Crippen molar-refractivity contribution in [2.24, 2.45) is 0 Å². The largest absolute Gasteiger partial charge is 0.495 e. The molecule has 0 radical (unpaired) electrons. The highest BCUT2D eigenvalue weighted by Crippen LogP contribution is 2.32. The monoisotopic (exact) mass is 414 g/mol. The van der Waals surface area contributed by atoms with Crippen molar-refractivity contribution in [3.05, 3.63) is 48.0 Å². The predicted octanol–water partition coefficient (Wildman–Crippen LogP) is 6.11.